The smallest absolute Gasteiger partial charge is 0.335 e. The molecule has 0 aliphatic heterocycles. The van der Waals surface area contributed by atoms with Crippen molar-refractivity contribution in [2.75, 3.05) is 24.2 Å². The number of carbonyl (C=O) groups excluding carboxylic acids is 3. The summed E-state index contributed by atoms with van der Waals surface area (Å²) in [5, 5.41) is 5.61. The van der Waals surface area contributed by atoms with Crippen molar-refractivity contribution >= 4 is 35.2 Å². The van der Waals surface area contributed by atoms with Gasteiger partial charge in [0.25, 0.3) is 5.91 Å². The summed E-state index contributed by atoms with van der Waals surface area (Å²) in [5.41, 5.74) is 4.86. The van der Waals surface area contributed by atoms with E-state index in [-0.39, 0.29) is 25.4 Å². The Kier molecular flexibility index (Phi) is 10.4. The molecule has 0 fully saturated rings. The molecule has 0 spiro atoms. The van der Waals surface area contributed by atoms with E-state index in [0.717, 1.165) is 16.7 Å². The van der Waals surface area contributed by atoms with E-state index in [9.17, 15) is 14.4 Å². The highest BCUT2D eigenvalue weighted by molar-refractivity contribution is 6.03. The molecule has 3 aromatic rings. The first kappa shape index (κ1) is 28.6. The lowest BCUT2D eigenvalue weighted by Gasteiger charge is -2.08. The highest BCUT2D eigenvalue weighted by Gasteiger charge is 2.05. The molecule has 3 aromatic carbocycles. The van der Waals surface area contributed by atoms with Gasteiger partial charge in [-0.3, -0.25) is 9.59 Å². The Morgan fingerprint density at radius 3 is 1.85 bits per heavy atom. The maximum Gasteiger partial charge on any atom is 0.335 e. The zero-order valence-corrected chi connectivity index (χ0v) is 21.9. The molecule has 0 atom stereocenters. The van der Waals surface area contributed by atoms with E-state index in [1.165, 1.54) is 6.08 Å². The first-order valence-corrected chi connectivity index (χ1v) is 12.0. The lowest BCUT2D eigenvalue weighted by molar-refractivity contribution is -0.157. The molecule has 0 bridgehead atoms. The van der Waals surface area contributed by atoms with Crippen LogP contribution in [0.15, 0.2) is 103 Å². The Balaban J connectivity index is 1.44. The summed E-state index contributed by atoms with van der Waals surface area (Å²) in [4.78, 5) is 35.3. The van der Waals surface area contributed by atoms with Crippen LogP contribution in [0.25, 0.3) is 17.2 Å². The van der Waals surface area contributed by atoms with E-state index in [1.54, 1.807) is 44.2 Å². The van der Waals surface area contributed by atoms with Crippen molar-refractivity contribution in [2.45, 2.75) is 13.8 Å². The van der Waals surface area contributed by atoms with E-state index < -0.39 is 5.97 Å². The van der Waals surface area contributed by atoms with Crippen molar-refractivity contribution in [3.63, 3.8) is 0 Å². The van der Waals surface area contributed by atoms with Crippen LogP contribution in [0.5, 0.6) is 5.75 Å². The van der Waals surface area contributed by atoms with Crippen LogP contribution in [0, 0.1) is 0 Å². The van der Waals surface area contributed by atoms with Crippen molar-refractivity contribution in [3.05, 3.63) is 109 Å². The summed E-state index contributed by atoms with van der Waals surface area (Å²) in [5.74, 6) is -0.445. The SMILES string of the molecule is C=C(C)C(=O)Nc1ccc(-c2ccc(NC(=O)/C=C/c3ccc(OCOCOC(=O)C(=C)C)cc3)cc2)cc1. The topological polar surface area (TPSA) is 103 Å². The van der Waals surface area contributed by atoms with Crippen molar-refractivity contribution in [1.82, 2.24) is 0 Å². The average molecular weight is 527 g/mol. The normalized spacial score (nSPS) is 10.5. The van der Waals surface area contributed by atoms with E-state index in [1.807, 2.05) is 48.5 Å². The molecule has 3 rings (SSSR count). The van der Waals surface area contributed by atoms with Crippen molar-refractivity contribution < 1.29 is 28.6 Å². The highest BCUT2D eigenvalue weighted by Crippen LogP contribution is 2.23. The van der Waals surface area contributed by atoms with Gasteiger partial charge in [-0.2, -0.15) is 0 Å². The number of amides is 2. The molecule has 8 nitrogen and oxygen atoms in total. The molecule has 0 aromatic heterocycles. The summed E-state index contributed by atoms with van der Waals surface area (Å²) in [7, 11) is 0. The molecule has 200 valence electrons. The summed E-state index contributed by atoms with van der Waals surface area (Å²) in [6.07, 6.45) is 3.13. The number of anilines is 2. The second-order valence-electron chi connectivity index (χ2n) is 8.58. The van der Waals surface area contributed by atoms with Crippen LogP contribution < -0.4 is 15.4 Å². The van der Waals surface area contributed by atoms with Gasteiger partial charge >= 0.3 is 5.97 Å². The predicted octanol–water partition coefficient (Wildman–Crippen LogP) is 5.95. The van der Waals surface area contributed by atoms with Gasteiger partial charge in [-0.05, 0) is 73.0 Å². The van der Waals surface area contributed by atoms with Crippen LogP contribution >= 0.6 is 0 Å². The maximum absolute atomic E-state index is 12.4. The minimum absolute atomic E-state index is 0.0845. The number of hydrogen-bond acceptors (Lipinski definition) is 6. The van der Waals surface area contributed by atoms with Gasteiger partial charge in [0.1, 0.15) is 5.75 Å². The summed E-state index contributed by atoms with van der Waals surface area (Å²) < 4.78 is 15.3. The highest BCUT2D eigenvalue weighted by atomic mass is 16.7. The van der Waals surface area contributed by atoms with Crippen LogP contribution in [0.4, 0.5) is 11.4 Å². The lowest BCUT2D eigenvalue weighted by Crippen LogP contribution is -2.11. The quantitative estimate of drug-likeness (QED) is 0.131. The monoisotopic (exact) mass is 526 g/mol. The molecule has 8 heteroatoms. The number of ether oxygens (including phenoxy) is 3. The second-order valence-corrected chi connectivity index (χ2v) is 8.58. The summed E-state index contributed by atoms with van der Waals surface area (Å²) >= 11 is 0. The van der Waals surface area contributed by atoms with Crippen LogP contribution in [-0.2, 0) is 23.9 Å². The molecule has 0 saturated heterocycles. The molecule has 0 heterocycles. The van der Waals surface area contributed by atoms with Gasteiger partial charge in [0.2, 0.25) is 5.91 Å². The molecule has 0 saturated carbocycles. The Bertz CT molecular complexity index is 1360. The van der Waals surface area contributed by atoms with Gasteiger partial charge in [-0.25, -0.2) is 4.79 Å². The molecule has 39 heavy (non-hydrogen) atoms. The largest absolute Gasteiger partial charge is 0.467 e. The predicted molar refractivity (Wildman–Crippen MR) is 152 cm³/mol. The number of benzene rings is 3. The molecule has 0 unspecified atom stereocenters. The Morgan fingerprint density at radius 1 is 0.744 bits per heavy atom. The molecule has 0 aliphatic rings. The number of nitrogens with one attached hydrogen (secondary N) is 2. The number of esters is 1. The first-order valence-electron chi connectivity index (χ1n) is 12.0. The van der Waals surface area contributed by atoms with Crippen LogP contribution in [0.3, 0.4) is 0 Å². The van der Waals surface area contributed by atoms with E-state index in [4.69, 9.17) is 14.2 Å². The fourth-order valence-electron chi connectivity index (χ4n) is 3.12. The lowest BCUT2D eigenvalue weighted by atomic mass is 10.0. The number of carbonyl (C=O) groups is 3. The van der Waals surface area contributed by atoms with Gasteiger partial charge in [-0.15, -0.1) is 0 Å². The molecule has 0 aliphatic carbocycles. The van der Waals surface area contributed by atoms with Gasteiger partial charge in [0, 0.05) is 28.6 Å². The molecular weight excluding hydrogens is 496 g/mol. The van der Waals surface area contributed by atoms with Crippen molar-refractivity contribution in [3.8, 4) is 16.9 Å². The second kappa shape index (κ2) is 14.1. The summed E-state index contributed by atoms with van der Waals surface area (Å²) in [6.45, 7) is 10.0. The fraction of sp³-hybridized carbons (Fsp3) is 0.129. The third-order valence-electron chi connectivity index (χ3n) is 5.25. The Morgan fingerprint density at radius 2 is 1.31 bits per heavy atom. The maximum atomic E-state index is 12.4. The van der Waals surface area contributed by atoms with E-state index in [2.05, 4.69) is 23.8 Å². The van der Waals surface area contributed by atoms with E-state index in [0.29, 0.717) is 28.3 Å². The van der Waals surface area contributed by atoms with Gasteiger partial charge < -0.3 is 24.8 Å². The van der Waals surface area contributed by atoms with Crippen LogP contribution in [0.2, 0.25) is 0 Å². The van der Waals surface area contributed by atoms with Crippen molar-refractivity contribution in [1.29, 1.82) is 0 Å². The third kappa shape index (κ3) is 9.46. The molecule has 0 radical (unpaired) electrons. The van der Waals surface area contributed by atoms with Gasteiger partial charge in [0.05, 0.1) is 0 Å². The van der Waals surface area contributed by atoms with Gasteiger partial charge in [-0.1, -0.05) is 49.6 Å². The zero-order valence-electron chi connectivity index (χ0n) is 21.9. The average Bonchev–Trinajstić information content (AvgIpc) is 2.93. The van der Waals surface area contributed by atoms with Crippen LogP contribution in [0.1, 0.15) is 19.4 Å². The third-order valence-corrected chi connectivity index (χ3v) is 5.25. The Hall–Kier alpha value is -4.95. The number of rotatable bonds is 12. The van der Waals surface area contributed by atoms with E-state index >= 15 is 0 Å². The number of hydrogen-bond donors (Lipinski definition) is 2. The minimum atomic E-state index is -0.526. The molecule has 2 amide bonds. The zero-order chi connectivity index (χ0) is 28.2. The Labute approximate surface area is 227 Å². The fourth-order valence-corrected chi connectivity index (χ4v) is 3.12. The summed E-state index contributed by atoms with van der Waals surface area (Å²) in [6, 6.07) is 22.0. The first-order chi connectivity index (χ1) is 18.7. The minimum Gasteiger partial charge on any atom is -0.467 e. The molecule has 2 N–H and O–H groups in total. The standard InChI is InChI=1S/C31H30N2O6/c1-21(2)30(35)33-27-14-10-25(11-15-27)24-8-12-26(13-9-24)32-29(34)18-7-23-5-16-28(17-6-23)38-19-37-20-39-31(36)22(3)4/h5-18H,1,3,19-20H2,2,4H3,(H,32,34)(H,33,35)/b18-7+. The van der Waals surface area contributed by atoms with Crippen LogP contribution in [-0.4, -0.2) is 31.4 Å². The van der Waals surface area contributed by atoms with Gasteiger partial charge in [0.15, 0.2) is 13.6 Å². The van der Waals surface area contributed by atoms with Crippen molar-refractivity contribution in [2.24, 2.45) is 0 Å². The molecular formula is C31H30N2O6.